The number of allylic oxidation sites excluding steroid dienone is 1. The highest BCUT2D eigenvalue weighted by Crippen LogP contribution is 2.45. The summed E-state index contributed by atoms with van der Waals surface area (Å²) in [5, 5.41) is 0. The van der Waals surface area contributed by atoms with Gasteiger partial charge in [-0.1, -0.05) is 60.0 Å². The summed E-state index contributed by atoms with van der Waals surface area (Å²) in [6, 6.07) is 0. The molecule has 0 heterocycles. The fourth-order valence-electron chi connectivity index (χ4n) is 2.94. The van der Waals surface area contributed by atoms with Crippen molar-refractivity contribution in [3.63, 3.8) is 0 Å². The maximum atomic E-state index is 4.03. The first-order chi connectivity index (χ1) is 8.62. The molecule has 0 aromatic heterocycles. The highest BCUT2D eigenvalue weighted by molar-refractivity contribution is 4.93. The average molecular weight is 255 g/mol. The van der Waals surface area contributed by atoms with E-state index in [2.05, 4.69) is 27.4 Å². The minimum absolute atomic E-state index is 0.700. The molecule has 1 aliphatic carbocycles. The lowest BCUT2D eigenvalue weighted by molar-refractivity contribution is 0.136. The van der Waals surface area contributed by atoms with Crippen molar-refractivity contribution in [1.29, 1.82) is 0 Å². The molecule has 18 heavy (non-hydrogen) atoms. The number of rotatable bonds is 4. The second kappa shape index (κ2) is 11.8. The van der Waals surface area contributed by atoms with Gasteiger partial charge in [-0.3, -0.25) is 0 Å². The Morgan fingerprint density at radius 1 is 1.00 bits per heavy atom. The monoisotopic (exact) mass is 254 g/mol. The first-order valence-electron chi connectivity index (χ1n) is 8.26. The predicted octanol–water partition coefficient (Wildman–Crippen LogP) is 7.00. The lowest BCUT2D eigenvalue weighted by atomic mass is 9.66. The lowest BCUT2D eigenvalue weighted by Gasteiger charge is -2.39. The SMILES string of the molecule is C=C(C)CC1CCC(CC)(CC)CC1.CC.CC. The average Bonchev–Trinajstić information content (AvgIpc) is 2.44. The molecule has 1 rings (SSSR count). The Morgan fingerprint density at radius 2 is 1.39 bits per heavy atom. The Morgan fingerprint density at radius 3 is 1.67 bits per heavy atom. The van der Waals surface area contributed by atoms with Crippen molar-refractivity contribution in [2.24, 2.45) is 11.3 Å². The van der Waals surface area contributed by atoms with Gasteiger partial charge < -0.3 is 0 Å². The normalized spacial score (nSPS) is 17.9. The van der Waals surface area contributed by atoms with E-state index < -0.39 is 0 Å². The molecule has 1 saturated carbocycles. The third kappa shape index (κ3) is 7.24. The zero-order chi connectivity index (χ0) is 14.6. The summed E-state index contributed by atoms with van der Waals surface area (Å²) in [6.45, 7) is 18.9. The van der Waals surface area contributed by atoms with Crippen LogP contribution in [0, 0.1) is 11.3 Å². The van der Waals surface area contributed by atoms with E-state index in [1.54, 1.807) is 0 Å². The summed E-state index contributed by atoms with van der Waals surface area (Å²) < 4.78 is 0. The maximum absolute atomic E-state index is 4.03. The third-order valence-electron chi connectivity index (χ3n) is 4.30. The van der Waals surface area contributed by atoms with Crippen LogP contribution in [0.15, 0.2) is 12.2 Å². The van der Waals surface area contributed by atoms with Crippen molar-refractivity contribution in [2.45, 2.75) is 93.4 Å². The first-order valence-corrected chi connectivity index (χ1v) is 8.26. The standard InChI is InChI=1S/C14H26.2C2H6/c1-5-14(6-2)9-7-13(8-10-14)11-12(3)4;2*1-2/h13H,3,5-11H2,1-2,4H3;2*1-2H3. The molecule has 0 amide bonds. The molecule has 1 aliphatic rings. The molecule has 0 heteroatoms. The van der Waals surface area contributed by atoms with Crippen LogP contribution in [0.25, 0.3) is 0 Å². The molecule has 0 aromatic rings. The van der Waals surface area contributed by atoms with Crippen LogP contribution in [0.2, 0.25) is 0 Å². The summed E-state index contributed by atoms with van der Waals surface area (Å²) in [5.74, 6) is 0.943. The summed E-state index contributed by atoms with van der Waals surface area (Å²) in [5.41, 5.74) is 2.07. The maximum Gasteiger partial charge on any atom is -0.0297 e. The van der Waals surface area contributed by atoms with E-state index in [9.17, 15) is 0 Å². The minimum atomic E-state index is 0.700. The highest BCUT2D eigenvalue weighted by atomic mass is 14.4. The van der Waals surface area contributed by atoms with Crippen molar-refractivity contribution in [1.82, 2.24) is 0 Å². The Balaban J connectivity index is 0. The highest BCUT2D eigenvalue weighted by Gasteiger charge is 2.31. The summed E-state index contributed by atoms with van der Waals surface area (Å²) in [6.07, 6.45) is 9.81. The molecule has 0 aromatic carbocycles. The molecule has 0 saturated heterocycles. The fraction of sp³-hybridized carbons (Fsp3) is 0.889. The van der Waals surface area contributed by atoms with Gasteiger partial charge in [0.25, 0.3) is 0 Å². The van der Waals surface area contributed by atoms with Crippen molar-refractivity contribution in [2.75, 3.05) is 0 Å². The van der Waals surface area contributed by atoms with Gasteiger partial charge in [-0.15, -0.1) is 6.58 Å². The van der Waals surface area contributed by atoms with Crippen LogP contribution >= 0.6 is 0 Å². The van der Waals surface area contributed by atoms with Gasteiger partial charge >= 0.3 is 0 Å². The van der Waals surface area contributed by atoms with Gasteiger partial charge in [-0.05, 0) is 50.4 Å². The zero-order valence-corrected chi connectivity index (χ0v) is 14.2. The van der Waals surface area contributed by atoms with E-state index >= 15 is 0 Å². The van der Waals surface area contributed by atoms with Crippen LogP contribution in [0.3, 0.4) is 0 Å². The van der Waals surface area contributed by atoms with Crippen molar-refractivity contribution >= 4 is 0 Å². The second-order valence-electron chi connectivity index (χ2n) is 5.31. The van der Waals surface area contributed by atoms with E-state index in [1.807, 2.05) is 27.7 Å². The van der Waals surface area contributed by atoms with E-state index in [0.29, 0.717) is 5.41 Å². The Labute approximate surface area is 117 Å². The molecule has 0 N–H and O–H groups in total. The molecule has 110 valence electrons. The lowest BCUT2D eigenvalue weighted by Crippen LogP contribution is -2.26. The first kappa shape index (κ1) is 20.1. The molecule has 1 fully saturated rings. The van der Waals surface area contributed by atoms with Crippen LogP contribution < -0.4 is 0 Å². The molecule has 0 nitrogen and oxygen atoms in total. The quantitative estimate of drug-likeness (QED) is 0.474. The molecule has 0 unspecified atom stereocenters. The van der Waals surface area contributed by atoms with Gasteiger partial charge in [0.05, 0.1) is 0 Å². The van der Waals surface area contributed by atoms with Crippen LogP contribution in [-0.2, 0) is 0 Å². The van der Waals surface area contributed by atoms with Crippen molar-refractivity contribution in [3.05, 3.63) is 12.2 Å². The number of hydrogen-bond donors (Lipinski definition) is 0. The summed E-state index contributed by atoms with van der Waals surface area (Å²) >= 11 is 0. The van der Waals surface area contributed by atoms with Gasteiger partial charge in [-0.2, -0.15) is 0 Å². The zero-order valence-electron chi connectivity index (χ0n) is 14.2. The molecule has 0 spiro atoms. The third-order valence-corrected chi connectivity index (χ3v) is 4.30. The second-order valence-corrected chi connectivity index (χ2v) is 5.31. The molecule has 0 bridgehead atoms. The summed E-state index contributed by atoms with van der Waals surface area (Å²) in [4.78, 5) is 0. The van der Waals surface area contributed by atoms with Gasteiger partial charge in [0.15, 0.2) is 0 Å². The van der Waals surface area contributed by atoms with E-state index in [4.69, 9.17) is 0 Å². The van der Waals surface area contributed by atoms with Crippen LogP contribution in [0.4, 0.5) is 0 Å². The fourth-order valence-corrected chi connectivity index (χ4v) is 2.94. The van der Waals surface area contributed by atoms with Gasteiger partial charge in [0.2, 0.25) is 0 Å². The Kier molecular flexibility index (Phi) is 13.2. The van der Waals surface area contributed by atoms with Crippen molar-refractivity contribution in [3.8, 4) is 0 Å². The van der Waals surface area contributed by atoms with E-state index in [1.165, 1.54) is 50.5 Å². The van der Waals surface area contributed by atoms with Gasteiger partial charge in [0.1, 0.15) is 0 Å². The largest absolute Gasteiger partial charge is 0.100 e. The van der Waals surface area contributed by atoms with Gasteiger partial charge in [0, 0.05) is 0 Å². The van der Waals surface area contributed by atoms with E-state index in [0.717, 1.165) is 5.92 Å². The van der Waals surface area contributed by atoms with Crippen LogP contribution in [0.1, 0.15) is 93.4 Å². The molecule has 0 aliphatic heterocycles. The minimum Gasteiger partial charge on any atom is -0.100 e. The van der Waals surface area contributed by atoms with Crippen molar-refractivity contribution < 1.29 is 0 Å². The molecular formula is C18H38. The van der Waals surface area contributed by atoms with Crippen LogP contribution in [0.5, 0.6) is 0 Å². The Hall–Kier alpha value is -0.260. The smallest absolute Gasteiger partial charge is 0.0297 e. The molecular weight excluding hydrogens is 216 g/mol. The Bertz CT molecular complexity index is 176. The number of hydrogen-bond acceptors (Lipinski definition) is 0. The molecule has 0 radical (unpaired) electrons. The molecule has 0 atom stereocenters. The van der Waals surface area contributed by atoms with E-state index in [-0.39, 0.29) is 0 Å². The summed E-state index contributed by atoms with van der Waals surface area (Å²) in [7, 11) is 0. The topological polar surface area (TPSA) is 0 Å². The predicted molar refractivity (Wildman–Crippen MR) is 87.1 cm³/mol. The van der Waals surface area contributed by atoms with Crippen LogP contribution in [-0.4, -0.2) is 0 Å². The van der Waals surface area contributed by atoms with Gasteiger partial charge in [-0.25, -0.2) is 0 Å².